The molecule has 0 aliphatic rings. The van der Waals surface area contributed by atoms with E-state index in [1.807, 2.05) is 0 Å². The predicted molar refractivity (Wildman–Crippen MR) is 63.0 cm³/mol. The van der Waals surface area contributed by atoms with Gasteiger partial charge in [0.1, 0.15) is 5.82 Å². The summed E-state index contributed by atoms with van der Waals surface area (Å²) in [4.78, 5) is 11.1. The molecule has 88 valence electrons. The highest BCUT2D eigenvalue weighted by atomic mass is 79.9. The SMILES string of the molecule is CNCCC(C(=O)O)c1cc(Br)ccc1F. The van der Waals surface area contributed by atoms with E-state index in [0.717, 1.165) is 0 Å². The summed E-state index contributed by atoms with van der Waals surface area (Å²) in [6, 6.07) is 4.34. The van der Waals surface area contributed by atoms with E-state index in [-0.39, 0.29) is 5.56 Å². The Balaban J connectivity index is 3.00. The van der Waals surface area contributed by atoms with Crippen LogP contribution in [-0.4, -0.2) is 24.7 Å². The second kappa shape index (κ2) is 5.96. The highest BCUT2D eigenvalue weighted by molar-refractivity contribution is 9.10. The summed E-state index contributed by atoms with van der Waals surface area (Å²) < 4.78 is 14.2. The Labute approximate surface area is 102 Å². The van der Waals surface area contributed by atoms with Crippen LogP contribution >= 0.6 is 15.9 Å². The number of carboxylic acid groups (broad SMARTS) is 1. The maximum absolute atomic E-state index is 13.5. The van der Waals surface area contributed by atoms with Gasteiger partial charge in [0.05, 0.1) is 5.92 Å². The van der Waals surface area contributed by atoms with Gasteiger partial charge in [0.15, 0.2) is 0 Å². The molecule has 0 radical (unpaired) electrons. The zero-order chi connectivity index (χ0) is 12.1. The molecule has 0 saturated heterocycles. The predicted octanol–water partition coefficient (Wildman–Crippen LogP) is 2.37. The number of hydrogen-bond donors (Lipinski definition) is 2. The smallest absolute Gasteiger partial charge is 0.311 e. The number of hydrogen-bond acceptors (Lipinski definition) is 2. The van der Waals surface area contributed by atoms with Crippen LogP contribution in [0.1, 0.15) is 17.9 Å². The Hall–Kier alpha value is -0.940. The first-order valence-electron chi connectivity index (χ1n) is 4.88. The molecule has 0 aliphatic heterocycles. The zero-order valence-corrected chi connectivity index (χ0v) is 10.4. The molecule has 0 aliphatic carbocycles. The van der Waals surface area contributed by atoms with Crippen LogP contribution in [0.5, 0.6) is 0 Å². The van der Waals surface area contributed by atoms with Crippen LogP contribution in [0.15, 0.2) is 22.7 Å². The minimum atomic E-state index is -1.01. The summed E-state index contributed by atoms with van der Waals surface area (Å²) in [6.07, 6.45) is 0.360. The van der Waals surface area contributed by atoms with Gasteiger partial charge < -0.3 is 10.4 Å². The highest BCUT2D eigenvalue weighted by Crippen LogP contribution is 2.25. The quantitative estimate of drug-likeness (QED) is 0.875. The molecule has 0 fully saturated rings. The van der Waals surface area contributed by atoms with Crippen molar-refractivity contribution in [1.82, 2.24) is 5.32 Å². The van der Waals surface area contributed by atoms with Gasteiger partial charge in [-0.25, -0.2) is 4.39 Å². The lowest BCUT2D eigenvalue weighted by Crippen LogP contribution is -2.19. The number of carboxylic acids is 1. The van der Waals surface area contributed by atoms with Gasteiger partial charge in [-0.1, -0.05) is 15.9 Å². The first-order chi connectivity index (χ1) is 7.56. The Bertz CT molecular complexity index is 384. The van der Waals surface area contributed by atoms with E-state index >= 15 is 0 Å². The fourth-order valence-corrected chi connectivity index (χ4v) is 1.86. The standard InChI is InChI=1S/C11H13BrFNO2/c1-14-5-4-8(11(15)16)9-6-7(12)2-3-10(9)13/h2-3,6,8,14H,4-5H2,1H3,(H,15,16). The Morgan fingerprint density at radius 3 is 2.88 bits per heavy atom. The normalized spacial score (nSPS) is 12.4. The largest absolute Gasteiger partial charge is 0.481 e. The summed E-state index contributed by atoms with van der Waals surface area (Å²) in [7, 11) is 1.73. The fourth-order valence-electron chi connectivity index (χ4n) is 1.48. The van der Waals surface area contributed by atoms with Gasteiger partial charge in [-0.3, -0.25) is 4.79 Å². The molecule has 16 heavy (non-hydrogen) atoms. The van der Waals surface area contributed by atoms with Crippen LogP contribution in [0.3, 0.4) is 0 Å². The lowest BCUT2D eigenvalue weighted by Gasteiger charge is -2.13. The Morgan fingerprint density at radius 2 is 2.31 bits per heavy atom. The van der Waals surface area contributed by atoms with E-state index in [1.165, 1.54) is 12.1 Å². The van der Waals surface area contributed by atoms with Crippen molar-refractivity contribution < 1.29 is 14.3 Å². The van der Waals surface area contributed by atoms with E-state index in [1.54, 1.807) is 13.1 Å². The maximum Gasteiger partial charge on any atom is 0.311 e. The van der Waals surface area contributed by atoms with Crippen molar-refractivity contribution in [1.29, 1.82) is 0 Å². The van der Waals surface area contributed by atoms with Gasteiger partial charge in [0.2, 0.25) is 0 Å². The minimum Gasteiger partial charge on any atom is -0.481 e. The molecule has 5 heteroatoms. The summed E-state index contributed by atoms with van der Waals surface area (Å²) in [5.41, 5.74) is 0.220. The maximum atomic E-state index is 13.5. The molecular formula is C11H13BrFNO2. The van der Waals surface area contributed by atoms with E-state index in [4.69, 9.17) is 5.11 Å². The van der Waals surface area contributed by atoms with Gasteiger partial charge in [0.25, 0.3) is 0 Å². The van der Waals surface area contributed by atoms with E-state index < -0.39 is 17.7 Å². The van der Waals surface area contributed by atoms with Gasteiger partial charge in [-0.2, -0.15) is 0 Å². The molecule has 3 nitrogen and oxygen atoms in total. The van der Waals surface area contributed by atoms with Crippen LogP contribution in [0.25, 0.3) is 0 Å². The molecule has 0 heterocycles. The highest BCUT2D eigenvalue weighted by Gasteiger charge is 2.22. The molecule has 1 unspecified atom stereocenters. The van der Waals surface area contributed by atoms with E-state index in [9.17, 15) is 9.18 Å². The van der Waals surface area contributed by atoms with Crippen LogP contribution in [0.2, 0.25) is 0 Å². The topological polar surface area (TPSA) is 49.3 Å². The molecule has 1 rings (SSSR count). The number of carbonyl (C=O) groups is 1. The molecule has 0 aromatic heterocycles. The van der Waals surface area contributed by atoms with Gasteiger partial charge in [-0.05, 0) is 38.2 Å². The Morgan fingerprint density at radius 1 is 1.62 bits per heavy atom. The summed E-state index contributed by atoms with van der Waals surface area (Å²) in [5, 5.41) is 11.9. The fraction of sp³-hybridized carbons (Fsp3) is 0.364. The van der Waals surface area contributed by atoms with E-state index in [0.29, 0.717) is 17.4 Å². The number of aliphatic carboxylic acids is 1. The average Bonchev–Trinajstić information content (AvgIpc) is 2.23. The van der Waals surface area contributed by atoms with Crippen molar-refractivity contribution >= 4 is 21.9 Å². The van der Waals surface area contributed by atoms with Crippen LogP contribution in [0.4, 0.5) is 4.39 Å². The number of rotatable bonds is 5. The summed E-state index contributed by atoms with van der Waals surface area (Å²) >= 11 is 3.21. The molecule has 0 amide bonds. The molecule has 2 N–H and O–H groups in total. The molecule has 0 spiro atoms. The lowest BCUT2D eigenvalue weighted by molar-refractivity contribution is -0.139. The molecule has 1 atom stereocenters. The van der Waals surface area contributed by atoms with Crippen molar-refractivity contribution in [2.24, 2.45) is 0 Å². The third-order valence-corrected chi connectivity index (χ3v) is 2.81. The monoisotopic (exact) mass is 289 g/mol. The third kappa shape index (κ3) is 3.28. The average molecular weight is 290 g/mol. The number of nitrogens with one attached hydrogen (secondary N) is 1. The van der Waals surface area contributed by atoms with Crippen LogP contribution < -0.4 is 5.32 Å². The van der Waals surface area contributed by atoms with Crippen molar-refractivity contribution in [3.63, 3.8) is 0 Å². The molecule has 0 saturated carbocycles. The molecular weight excluding hydrogens is 277 g/mol. The van der Waals surface area contributed by atoms with Gasteiger partial charge in [-0.15, -0.1) is 0 Å². The second-order valence-electron chi connectivity index (χ2n) is 3.45. The summed E-state index contributed by atoms with van der Waals surface area (Å²) in [5.74, 6) is -2.30. The van der Waals surface area contributed by atoms with Crippen LogP contribution in [0, 0.1) is 5.82 Å². The lowest BCUT2D eigenvalue weighted by atomic mass is 9.95. The van der Waals surface area contributed by atoms with Crippen molar-refractivity contribution in [3.05, 3.63) is 34.1 Å². The third-order valence-electron chi connectivity index (χ3n) is 2.31. The Kier molecular flexibility index (Phi) is 4.89. The van der Waals surface area contributed by atoms with Crippen molar-refractivity contribution in [3.8, 4) is 0 Å². The summed E-state index contributed by atoms with van der Waals surface area (Å²) in [6.45, 7) is 0.531. The minimum absolute atomic E-state index is 0.220. The van der Waals surface area contributed by atoms with Crippen LogP contribution in [-0.2, 0) is 4.79 Å². The number of benzene rings is 1. The zero-order valence-electron chi connectivity index (χ0n) is 8.84. The van der Waals surface area contributed by atoms with Crippen molar-refractivity contribution in [2.45, 2.75) is 12.3 Å². The van der Waals surface area contributed by atoms with Crippen molar-refractivity contribution in [2.75, 3.05) is 13.6 Å². The molecule has 0 bridgehead atoms. The number of halogens is 2. The molecule has 1 aromatic rings. The second-order valence-corrected chi connectivity index (χ2v) is 4.36. The van der Waals surface area contributed by atoms with Gasteiger partial charge >= 0.3 is 5.97 Å². The first-order valence-corrected chi connectivity index (χ1v) is 5.68. The van der Waals surface area contributed by atoms with E-state index in [2.05, 4.69) is 21.2 Å². The molecule has 1 aromatic carbocycles. The van der Waals surface area contributed by atoms with Gasteiger partial charge in [0, 0.05) is 10.0 Å². The first kappa shape index (κ1) is 13.1.